The van der Waals surface area contributed by atoms with Crippen LogP contribution >= 0.6 is 34.7 Å². The largest absolute Gasteiger partial charge is 0.378 e. The molecule has 0 saturated carbocycles. The number of nitrogens with one attached hydrogen (secondary N) is 1. The van der Waals surface area contributed by atoms with Crippen molar-refractivity contribution in [1.82, 2.24) is 0 Å². The quantitative estimate of drug-likeness (QED) is 0.599. The van der Waals surface area contributed by atoms with Gasteiger partial charge >= 0.3 is 0 Å². The third kappa shape index (κ3) is 2.66. The van der Waals surface area contributed by atoms with Crippen molar-refractivity contribution in [1.29, 1.82) is 0 Å². The average Bonchev–Trinajstić information content (AvgIpc) is 2.95. The molecule has 0 fully saturated rings. The van der Waals surface area contributed by atoms with Crippen LogP contribution in [0.3, 0.4) is 0 Å². The highest BCUT2D eigenvalue weighted by Gasteiger charge is 2.21. The van der Waals surface area contributed by atoms with E-state index >= 15 is 0 Å². The van der Waals surface area contributed by atoms with Gasteiger partial charge in [-0.3, -0.25) is 0 Å². The second-order valence-corrected chi connectivity index (χ2v) is 7.71. The van der Waals surface area contributed by atoms with Crippen molar-refractivity contribution in [2.75, 3.05) is 11.1 Å². The SMILES string of the molecule is Clc1ccc2c(c1)C(Nc1ccc3sccc3c1)CCS2. The van der Waals surface area contributed by atoms with E-state index in [0.717, 1.165) is 17.2 Å². The molecule has 1 unspecified atom stereocenters. The number of thioether (sulfide) groups is 1. The molecule has 1 nitrogen and oxygen atoms in total. The third-order valence-electron chi connectivity index (χ3n) is 3.80. The number of fused-ring (bicyclic) bond motifs is 2. The minimum absolute atomic E-state index is 0.344. The van der Waals surface area contributed by atoms with E-state index in [0.29, 0.717) is 6.04 Å². The van der Waals surface area contributed by atoms with Crippen LogP contribution in [0.5, 0.6) is 0 Å². The van der Waals surface area contributed by atoms with Gasteiger partial charge in [0.25, 0.3) is 0 Å². The summed E-state index contributed by atoms with van der Waals surface area (Å²) < 4.78 is 1.34. The number of rotatable bonds is 2. The lowest BCUT2D eigenvalue weighted by molar-refractivity contribution is 0.729. The van der Waals surface area contributed by atoms with Crippen LogP contribution in [0.2, 0.25) is 5.02 Å². The van der Waals surface area contributed by atoms with Gasteiger partial charge in [0.2, 0.25) is 0 Å². The molecule has 1 aliphatic rings. The fourth-order valence-corrected chi connectivity index (χ4v) is 4.83. The normalized spacial score (nSPS) is 17.7. The fourth-order valence-electron chi connectivity index (χ4n) is 2.77. The first-order chi connectivity index (χ1) is 10.3. The van der Waals surface area contributed by atoms with Crippen LogP contribution in [0.4, 0.5) is 5.69 Å². The van der Waals surface area contributed by atoms with E-state index in [1.165, 1.54) is 26.2 Å². The molecule has 0 aliphatic carbocycles. The van der Waals surface area contributed by atoms with Gasteiger partial charge in [-0.1, -0.05) is 11.6 Å². The highest BCUT2D eigenvalue weighted by atomic mass is 35.5. The van der Waals surface area contributed by atoms with Crippen molar-refractivity contribution in [2.45, 2.75) is 17.4 Å². The molecule has 0 saturated heterocycles. The second-order valence-electron chi connectivity index (χ2n) is 5.19. The lowest BCUT2D eigenvalue weighted by Gasteiger charge is -2.27. The Morgan fingerprint density at radius 1 is 1.10 bits per heavy atom. The van der Waals surface area contributed by atoms with E-state index in [-0.39, 0.29) is 0 Å². The first-order valence-electron chi connectivity index (χ1n) is 6.96. The highest BCUT2D eigenvalue weighted by Crippen LogP contribution is 2.39. The van der Waals surface area contributed by atoms with Gasteiger partial charge in [0.1, 0.15) is 0 Å². The lowest BCUT2D eigenvalue weighted by atomic mass is 10.0. The summed E-state index contributed by atoms with van der Waals surface area (Å²) in [5.41, 5.74) is 2.51. The number of benzene rings is 2. The molecule has 0 bridgehead atoms. The minimum atomic E-state index is 0.344. The van der Waals surface area contributed by atoms with Crippen molar-refractivity contribution in [2.24, 2.45) is 0 Å². The summed E-state index contributed by atoms with van der Waals surface area (Å²) in [6.07, 6.45) is 1.12. The van der Waals surface area contributed by atoms with Crippen molar-refractivity contribution in [3.05, 3.63) is 58.4 Å². The molecular formula is C17H14ClNS2. The Morgan fingerprint density at radius 3 is 3.00 bits per heavy atom. The maximum Gasteiger partial charge on any atom is 0.0533 e. The van der Waals surface area contributed by atoms with E-state index in [1.54, 1.807) is 11.3 Å². The van der Waals surface area contributed by atoms with Gasteiger partial charge in [-0.25, -0.2) is 0 Å². The topological polar surface area (TPSA) is 12.0 Å². The third-order valence-corrected chi connectivity index (χ3v) is 6.06. The molecule has 1 aliphatic heterocycles. The zero-order valence-corrected chi connectivity index (χ0v) is 13.7. The zero-order valence-electron chi connectivity index (χ0n) is 11.3. The smallest absolute Gasteiger partial charge is 0.0533 e. The molecule has 1 N–H and O–H groups in total. The van der Waals surface area contributed by atoms with Gasteiger partial charge < -0.3 is 5.32 Å². The summed E-state index contributed by atoms with van der Waals surface area (Å²) in [5, 5.41) is 7.94. The summed E-state index contributed by atoms with van der Waals surface area (Å²) in [6.45, 7) is 0. The number of halogens is 1. The van der Waals surface area contributed by atoms with Crippen LogP contribution in [0.15, 0.2) is 52.7 Å². The van der Waals surface area contributed by atoms with Crippen LogP contribution in [-0.2, 0) is 0 Å². The summed E-state index contributed by atoms with van der Waals surface area (Å²) in [7, 11) is 0. The average molecular weight is 332 g/mol. The van der Waals surface area contributed by atoms with Crippen molar-refractivity contribution < 1.29 is 0 Å². The Hall–Kier alpha value is -1.16. The van der Waals surface area contributed by atoms with Crippen LogP contribution in [0.25, 0.3) is 10.1 Å². The van der Waals surface area contributed by atoms with E-state index in [2.05, 4.69) is 47.1 Å². The summed E-state index contributed by atoms with van der Waals surface area (Å²) in [5.74, 6) is 1.15. The molecule has 1 atom stereocenters. The molecule has 0 amide bonds. The molecular weight excluding hydrogens is 318 g/mol. The summed E-state index contributed by atoms with van der Waals surface area (Å²) in [4.78, 5) is 1.35. The summed E-state index contributed by atoms with van der Waals surface area (Å²) >= 11 is 9.88. The minimum Gasteiger partial charge on any atom is -0.378 e. The first kappa shape index (κ1) is 13.5. The monoisotopic (exact) mass is 331 g/mol. The van der Waals surface area contributed by atoms with Gasteiger partial charge in [-0.15, -0.1) is 23.1 Å². The lowest BCUT2D eigenvalue weighted by Crippen LogP contribution is -2.16. The molecule has 106 valence electrons. The number of thiophene rings is 1. The van der Waals surface area contributed by atoms with Crippen molar-refractivity contribution >= 4 is 50.5 Å². The Labute approximate surface area is 137 Å². The van der Waals surface area contributed by atoms with Gasteiger partial charge in [-0.2, -0.15) is 0 Å². The van der Waals surface area contributed by atoms with E-state index in [1.807, 2.05) is 17.8 Å². The molecule has 1 aromatic heterocycles. The van der Waals surface area contributed by atoms with Gasteiger partial charge in [0.15, 0.2) is 0 Å². The Balaban J connectivity index is 1.67. The number of anilines is 1. The van der Waals surface area contributed by atoms with E-state index in [4.69, 9.17) is 11.6 Å². The Bertz CT molecular complexity index is 796. The molecule has 4 heteroatoms. The standard InChI is InChI=1S/C17H14ClNS2/c18-12-1-3-17-14(10-12)15(6-8-21-17)19-13-2-4-16-11(9-13)5-7-20-16/h1-5,7,9-10,15,19H,6,8H2. The van der Waals surface area contributed by atoms with E-state index in [9.17, 15) is 0 Å². The molecule has 3 aromatic rings. The van der Waals surface area contributed by atoms with Crippen LogP contribution in [0, 0.1) is 0 Å². The van der Waals surface area contributed by atoms with Gasteiger partial charge in [0.05, 0.1) is 6.04 Å². The molecule has 0 radical (unpaired) electrons. The predicted octanol–water partition coefficient (Wildman–Crippen LogP) is 6.20. The zero-order chi connectivity index (χ0) is 14.2. The predicted molar refractivity (Wildman–Crippen MR) is 95.0 cm³/mol. The molecule has 21 heavy (non-hydrogen) atoms. The molecule has 2 aromatic carbocycles. The first-order valence-corrected chi connectivity index (χ1v) is 9.20. The number of hydrogen-bond donors (Lipinski definition) is 1. The van der Waals surface area contributed by atoms with Gasteiger partial charge in [0, 0.05) is 26.1 Å². The summed E-state index contributed by atoms with van der Waals surface area (Å²) in [6, 6.07) is 15.3. The number of hydrogen-bond acceptors (Lipinski definition) is 3. The maximum atomic E-state index is 6.17. The van der Waals surface area contributed by atoms with Crippen LogP contribution in [-0.4, -0.2) is 5.75 Å². The van der Waals surface area contributed by atoms with Crippen LogP contribution < -0.4 is 5.32 Å². The fraction of sp³-hybridized carbons (Fsp3) is 0.176. The van der Waals surface area contributed by atoms with Crippen molar-refractivity contribution in [3.63, 3.8) is 0 Å². The van der Waals surface area contributed by atoms with Crippen molar-refractivity contribution in [3.8, 4) is 0 Å². The Morgan fingerprint density at radius 2 is 2.05 bits per heavy atom. The van der Waals surface area contributed by atoms with E-state index < -0.39 is 0 Å². The second kappa shape index (κ2) is 5.56. The maximum absolute atomic E-state index is 6.17. The highest BCUT2D eigenvalue weighted by molar-refractivity contribution is 7.99. The molecule has 0 spiro atoms. The van der Waals surface area contributed by atoms with Gasteiger partial charge in [-0.05, 0) is 65.2 Å². The molecule has 2 heterocycles. The molecule has 4 rings (SSSR count). The van der Waals surface area contributed by atoms with Crippen LogP contribution in [0.1, 0.15) is 18.0 Å². The Kier molecular flexibility index (Phi) is 3.57.